The molecule has 2 amide bonds. The predicted octanol–water partition coefficient (Wildman–Crippen LogP) is 18.3. The van der Waals surface area contributed by atoms with Crippen LogP contribution in [0.5, 0.6) is 28.7 Å². The number of benzene rings is 5. The number of aromatic hydroxyl groups is 5. The van der Waals surface area contributed by atoms with Crippen LogP contribution in [0.4, 0.5) is 9.59 Å². The van der Waals surface area contributed by atoms with Gasteiger partial charge in [0, 0.05) is 59.4 Å². The summed E-state index contributed by atoms with van der Waals surface area (Å²) in [5.41, 5.74) is 13.4. The Labute approximate surface area is 730 Å². The fourth-order valence-electron chi connectivity index (χ4n) is 30.5. The zero-order valence-electron chi connectivity index (χ0n) is 74.8. The van der Waals surface area contributed by atoms with Gasteiger partial charge in [0.1, 0.15) is 28.7 Å². The molecule has 13 N–H and O–H groups in total. The molecule has 0 radical (unpaired) electrons. The summed E-state index contributed by atoms with van der Waals surface area (Å²) in [7, 11) is 7.98. The number of rotatable bonds is 12. The SMILES string of the molecule is COC(=O)NC[C@@H]1C[C@@H]2[C@H](CC[C@]3(C)[C@@H](O)CC[C@@H]23)c2ccc(O)cc21.COC(=O)NC[C@H]1C[C@@H]2[C@H](CC[C@]3(C)[C@@H](O)CC[C@@H]23)c2ccc(O)cc21.COCC[C@@H]1C[C@@H]2[C@H](CC[C@]3(C)[C@@H](O)CC[C@@H]23)c2ccc(O)cc21.COCNC[C@H]1C[C@@H]2[C@H](CC[C@]3(C)[C@@H](O)CC[C@@H]23)c2ccc(O)cc21.CO[C@@H]1C[C@@H]2[C@H](CC[C@]3(C)[C@@H](O)CC[C@@H]23)c2ccc(O)cc21. The van der Waals surface area contributed by atoms with Crippen molar-refractivity contribution < 1.29 is 84.3 Å². The number of nitrogens with one attached hydrogen (secondary N) is 3. The molecule has 15 aliphatic rings. The molecule has 0 saturated heterocycles. The Morgan fingerprint density at radius 1 is 0.333 bits per heavy atom. The van der Waals surface area contributed by atoms with Crippen molar-refractivity contribution >= 4 is 12.2 Å². The molecule has 0 aliphatic heterocycles. The highest BCUT2D eigenvalue weighted by Crippen LogP contribution is 2.69. The van der Waals surface area contributed by atoms with E-state index in [1.807, 2.05) is 48.5 Å². The van der Waals surface area contributed by atoms with E-state index in [4.69, 9.17) is 23.7 Å². The summed E-state index contributed by atoms with van der Waals surface area (Å²) in [6, 6.07) is 29.2. The molecule has 0 bridgehead atoms. The number of aliphatic hydroxyl groups is 5. The molecule has 674 valence electrons. The highest BCUT2D eigenvalue weighted by Gasteiger charge is 2.61. The van der Waals surface area contributed by atoms with Gasteiger partial charge < -0.3 is 85.4 Å². The third kappa shape index (κ3) is 16.6. The summed E-state index contributed by atoms with van der Waals surface area (Å²) >= 11 is 0. The van der Waals surface area contributed by atoms with Gasteiger partial charge in [-0.3, -0.25) is 5.32 Å². The van der Waals surface area contributed by atoms with Crippen LogP contribution in [-0.2, 0) is 23.7 Å². The largest absolute Gasteiger partial charge is 0.508 e. The lowest BCUT2D eigenvalue weighted by Gasteiger charge is -2.51. The number of methoxy groups -OCH3 is 5. The summed E-state index contributed by atoms with van der Waals surface area (Å²) in [6.45, 7) is 14.7. The van der Waals surface area contributed by atoms with Crippen LogP contribution in [-0.4, -0.2) is 162 Å². The molecule has 0 aromatic heterocycles. The summed E-state index contributed by atoms with van der Waals surface area (Å²) in [4.78, 5) is 23.2. The minimum atomic E-state index is -0.418. The molecular weight excluding hydrogens is 1550 g/mol. The van der Waals surface area contributed by atoms with Crippen molar-refractivity contribution in [3.05, 3.63) is 147 Å². The second-order valence-corrected chi connectivity index (χ2v) is 42.2. The average Bonchev–Trinajstić information content (AvgIpc) is 1.74. The Hall–Kier alpha value is -6.72. The molecule has 20 heteroatoms. The third-order valence-electron chi connectivity index (χ3n) is 37.1. The molecule has 20 nitrogen and oxygen atoms in total. The Morgan fingerprint density at radius 2 is 0.602 bits per heavy atom. The zero-order chi connectivity index (χ0) is 86.9. The molecule has 5 aromatic rings. The molecule has 0 unspecified atom stereocenters. The van der Waals surface area contributed by atoms with Gasteiger partial charge in [-0.05, 0) is 411 Å². The number of alkyl carbamates (subject to hydrolysis) is 2. The van der Waals surface area contributed by atoms with Crippen molar-refractivity contribution in [2.45, 2.75) is 291 Å². The van der Waals surface area contributed by atoms with Crippen molar-refractivity contribution in [1.29, 1.82) is 0 Å². The minimum Gasteiger partial charge on any atom is -0.508 e. The topological polar surface area (TPSA) is 319 Å². The van der Waals surface area contributed by atoms with Crippen LogP contribution < -0.4 is 16.0 Å². The molecule has 15 aliphatic carbocycles. The summed E-state index contributed by atoms with van der Waals surface area (Å²) in [6.07, 6.45) is 26.2. The van der Waals surface area contributed by atoms with Crippen molar-refractivity contribution in [2.75, 3.05) is 68.5 Å². The molecular formula is C103H145N3O17. The van der Waals surface area contributed by atoms with Crippen molar-refractivity contribution in [3.63, 3.8) is 0 Å². The first-order valence-corrected chi connectivity index (χ1v) is 47.4. The molecule has 20 rings (SSSR count). The predicted molar refractivity (Wildman–Crippen MR) is 473 cm³/mol. The quantitative estimate of drug-likeness (QED) is 0.0408. The molecule has 5 aromatic carbocycles. The monoisotopic (exact) mass is 1700 g/mol. The van der Waals surface area contributed by atoms with E-state index >= 15 is 0 Å². The normalized spacial score (nSPS) is 39.8. The van der Waals surface area contributed by atoms with Crippen LogP contribution in [0.15, 0.2) is 91.0 Å². The summed E-state index contributed by atoms with van der Waals surface area (Å²) < 4.78 is 25.7. The lowest BCUT2D eigenvalue weighted by molar-refractivity contribution is -0.0432. The van der Waals surface area contributed by atoms with Crippen molar-refractivity contribution in [2.24, 2.45) is 86.3 Å². The number of aliphatic hydroxyl groups excluding tert-OH is 5. The molecule has 30 atom stereocenters. The first-order chi connectivity index (χ1) is 59.0. The molecule has 10 saturated carbocycles. The lowest BCUT2D eigenvalue weighted by atomic mass is 9.53. The Bertz CT molecular complexity index is 4420. The number of carbonyl (C=O) groups excluding carboxylic acids is 2. The second-order valence-electron chi connectivity index (χ2n) is 42.2. The number of hydrogen-bond donors (Lipinski definition) is 13. The lowest BCUT2D eigenvalue weighted by Crippen LogP contribution is -2.45. The Balaban J connectivity index is 0.000000114. The highest BCUT2D eigenvalue weighted by molar-refractivity contribution is 5.67. The molecule has 123 heavy (non-hydrogen) atoms. The number of fused-ring (bicyclic) bond motifs is 25. The number of ether oxygens (including phenoxy) is 5. The van der Waals surface area contributed by atoms with Crippen LogP contribution >= 0.6 is 0 Å². The van der Waals surface area contributed by atoms with E-state index in [1.54, 1.807) is 33.5 Å². The van der Waals surface area contributed by atoms with Gasteiger partial charge in [0.2, 0.25) is 0 Å². The van der Waals surface area contributed by atoms with Gasteiger partial charge in [-0.15, -0.1) is 0 Å². The fraction of sp³-hybridized carbons (Fsp3) is 0.689. The van der Waals surface area contributed by atoms with Gasteiger partial charge in [-0.2, -0.15) is 0 Å². The standard InChI is InChI=1S/2C21H29NO4.C21H31NO3.C21H30O3.C19H26O3/c2*1-21-8-7-15-14-4-3-13(23)10-16(14)12(11-22-20(25)26-2)9-17(15)18(21)5-6-19(21)24;1-21-8-7-16-15-4-3-14(23)10-17(15)13(11-22-12-25-2)9-18(16)19(21)5-6-20(21)24;1-21-9-7-16-15-4-3-14(22)12-17(15)13(8-10-24-2)11-18(16)19(21)5-6-20(21)23;1-19-8-7-13-12-4-3-11(20)9-15(12)17(22-2)10-14(13)16(19)5-6-18(19)21/h2*3-4,10,12,15,17-19,23-24H,5-9,11H2,1-2H3,(H,22,25);3-4,10,13,16,18-20,22-24H,5-9,11-12H2,1-2H3;3-4,12-13,16,18-20,22-23H,5-11H2,1-2H3;3-4,9,13-14,16-18,20-21H,5-8,10H2,1-2H3/t12-,15+,17+,18-,19-,21-;12-,15-,17-,18+,19+,21+;2*13-,16-,18-,19+,20+,21+;13-,14-,16+,17-,18+,19+/m01111/s1. The average molecular weight is 1700 g/mol. The highest BCUT2D eigenvalue weighted by atomic mass is 16.5. The Morgan fingerprint density at radius 3 is 0.886 bits per heavy atom. The number of hydrogen-bond acceptors (Lipinski definition) is 18. The van der Waals surface area contributed by atoms with E-state index in [0.29, 0.717) is 138 Å². The molecule has 10 fully saturated rings. The van der Waals surface area contributed by atoms with Crippen LogP contribution in [0.2, 0.25) is 0 Å². The Kier molecular flexibility index (Phi) is 26.6. The van der Waals surface area contributed by atoms with Gasteiger partial charge in [0.05, 0.1) is 57.6 Å². The van der Waals surface area contributed by atoms with E-state index in [1.165, 1.54) is 78.0 Å². The van der Waals surface area contributed by atoms with Gasteiger partial charge in [0.15, 0.2) is 0 Å². The van der Waals surface area contributed by atoms with E-state index in [2.05, 4.69) is 80.9 Å². The number of amides is 2. The van der Waals surface area contributed by atoms with Crippen LogP contribution in [0.3, 0.4) is 0 Å². The maximum Gasteiger partial charge on any atom is 0.406 e. The first-order valence-electron chi connectivity index (χ1n) is 47.4. The second kappa shape index (κ2) is 36.4. The smallest absolute Gasteiger partial charge is 0.406 e. The van der Waals surface area contributed by atoms with E-state index in [9.17, 15) is 60.7 Å². The van der Waals surface area contributed by atoms with Crippen LogP contribution in [0.1, 0.15) is 317 Å². The van der Waals surface area contributed by atoms with Crippen LogP contribution in [0, 0.1) is 86.3 Å². The number of phenols is 5. The fourth-order valence-corrected chi connectivity index (χ4v) is 30.5. The number of phenolic OH excluding ortho intramolecular Hbond substituents is 5. The van der Waals surface area contributed by atoms with Crippen molar-refractivity contribution in [1.82, 2.24) is 16.0 Å². The maximum atomic E-state index is 11.6. The third-order valence-corrected chi connectivity index (χ3v) is 37.1. The van der Waals surface area contributed by atoms with Crippen molar-refractivity contribution in [3.8, 4) is 28.7 Å². The summed E-state index contributed by atoms with van der Waals surface area (Å²) in [5.74, 6) is 11.4. The summed E-state index contributed by atoms with van der Waals surface area (Å²) in [5, 5.41) is 112. The minimum absolute atomic E-state index is 0.0237. The van der Waals surface area contributed by atoms with E-state index in [0.717, 1.165) is 172 Å². The van der Waals surface area contributed by atoms with Crippen LogP contribution in [0.25, 0.3) is 0 Å². The van der Waals surface area contributed by atoms with Gasteiger partial charge in [-0.1, -0.05) is 65.0 Å². The van der Waals surface area contributed by atoms with Gasteiger partial charge in [-0.25, -0.2) is 9.59 Å². The molecule has 0 heterocycles. The van der Waals surface area contributed by atoms with E-state index < -0.39 is 12.2 Å². The zero-order valence-corrected chi connectivity index (χ0v) is 74.8. The number of carbonyl (C=O) groups is 2. The van der Waals surface area contributed by atoms with E-state index in [-0.39, 0.29) is 87.0 Å². The molecule has 0 spiro atoms. The van der Waals surface area contributed by atoms with Gasteiger partial charge in [0.25, 0.3) is 0 Å². The maximum absolute atomic E-state index is 11.6. The first kappa shape index (κ1) is 89.7. The van der Waals surface area contributed by atoms with Gasteiger partial charge >= 0.3 is 12.2 Å².